The number of nitrogens with one attached hydrogen (secondary N) is 2. The van der Waals surface area contributed by atoms with Crippen molar-refractivity contribution in [1.82, 2.24) is 35.2 Å². The minimum absolute atomic E-state index is 0.0335. The number of carbonyl (C=O) groups excluding carboxylic acids is 1. The van der Waals surface area contributed by atoms with Gasteiger partial charge >= 0.3 is 0 Å². The summed E-state index contributed by atoms with van der Waals surface area (Å²) in [6, 6.07) is 11.8. The van der Waals surface area contributed by atoms with Gasteiger partial charge in [-0.15, -0.1) is 10.2 Å². The van der Waals surface area contributed by atoms with E-state index in [4.69, 9.17) is 0 Å². The number of aromatic hydroxyl groups is 1. The molecule has 10 heteroatoms. The van der Waals surface area contributed by atoms with Gasteiger partial charge in [0.15, 0.2) is 5.82 Å². The predicted octanol–water partition coefficient (Wildman–Crippen LogP) is 3.28. The number of amides is 1. The van der Waals surface area contributed by atoms with Crippen LogP contribution in [0, 0.1) is 0 Å². The number of carbonyl (C=O) groups is 1. The Balaban J connectivity index is 1.44. The van der Waals surface area contributed by atoms with Gasteiger partial charge in [0.25, 0.3) is 5.91 Å². The summed E-state index contributed by atoms with van der Waals surface area (Å²) in [5.41, 5.74) is 4.05. The van der Waals surface area contributed by atoms with Gasteiger partial charge in [-0.25, -0.2) is 0 Å². The number of benzene rings is 2. The summed E-state index contributed by atoms with van der Waals surface area (Å²) >= 11 is 0. The quantitative estimate of drug-likeness (QED) is 0.372. The van der Waals surface area contributed by atoms with Crippen LogP contribution >= 0.6 is 0 Å². The van der Waals surface area contributed by atoms with Crippen LogP contribution in [0.5, 0.6) is 5.75 Å². The van der Waals surface area contributed by atoms with E-state index in [0.717, 1.165) is 61.5 Å². The number of rotatable bonds is 6. The van der Waals surface area contributed by atoms with Gasteiger partial charge in [0.1, 0.15) is 5.75 Å². The first kappa shape index (κ1) is 23.5. The second kappa shape index (κ2) is 9.19. The molecule has 0 spiro atoms. The normalized spacial score (nSPS) is 16.6. The maximum absolute atomic E-state index is 13.2. The molecular formula is C27H32N8O2. The molecule has 6 rings (SSSR count). The zero-order valence-corrected chi connectivity index (χ0v) is 21.4. The van der Waals surface area contributed by atoms with Gasteiger partial charge in [-0.3, -0.25) is 14.5 Å². The fourth-order valence-electron chi connectivity index (χ4n) is 4.89. The maximum Gasteiger partial charge on any atom is 0.289 e. The zero-order chi connectivity index (χ0) is 25.7. The van der Waals surface area contributed by atoms with E-state index < -0.39 is 0 Å². The molecule has 2 aliphatic rings. The second-order valence-electron chi connectivity index (χ2n) is 10.4. The van der Waals surface area contributed by atoms with Crippen molar-refractivity contribution in [3.05, 3.63) is 47.9 Å². The largest absolute Gasteiger partial charge is 0.507 e. The molecule has 37 heavy (non-hydrogen) atoms. The Morgan fingerprint density at radius 3 is 2.43 bits per heavy atom. The predicted molar refractivity (Wildman–Crippen MR) is 142 cm³/mol. The molecule has 1 amide bonds. The van der Waals surface area contributed by atoms with Crippen molar-refractivity contribution in [3.63, 3.8) is 0 Å². The molecule has 1 saturated heterocycles. The molecule has 1 saturated carbocycles. The highest BCUT2D eigenvalue weighted by atomic mass is 16.3. The van der Waals surface area contributed by atoms with Gasteiger partial charge in [-0.1, -0.05) is 13.8 Å². The number of phenolic OH excluding ortho intramolecular Hbond substituents is 1. The van der Waals surface area contributed by atoms with Crippen molar-refractivity contribution in [2.45, 2.75) is 38.6 Å². The Morgan fingerprint density at radius 1 is 1.05 bits per heavy atom. The lowest BCUT2D eigenvalue weighted by molar-refractivity contribution is 0.0938. The maximum atomic E-state index is 13.2. The second-order valence-corrected chi connectivity index (χ2v) is 10.4. The van der Waals surface area contributed by atoms with Crippen LogP contribution in [0.15, 0.2) is 36.4 Å². The van der Waals surface area contributed by atoms with Crippen LogP contribution in [0.4, 0.5) is 5.69 Å². The molecule has 192 valence electrons. The number of likely N-dealkylation sites (N-methyl/N-ethyl adjacent to an activating group) is 1. The summed E-state index contributed by atoms with van der Waals surface area (Å²) in [5, 5.41) is 31.0. The summed E-state index contributed by atoms with van der Waals surface area (Å²) in [6.45, 7) is 8.17. The summed E-state index contributed by atoms with van der Waals surface area (Å²) < 4.78 is 1.74. The van der Waals surface area contributed by atoms with Crippen LogP contribution in [0.1, 0.15) is 48.9 Å². The van der Waals surface area contributed by atoms with E-state index in [-0.39, 0.29) is 29.4 Å². The highest BCUT2D eigenvalue weighted by Crippen LogP contribution is 2.36. The zero-order valence-electron chi connectivity index (χ0n) is 21.4. The molecule has 1 aliphatic carbocycles. The number of H-pyrrole nitrogens is 1. The van der Waals surface area contributed by atoms with E-state index in [1.165, 1.54) is 0 Å². The van der Waals surface area contributed by atoms with Crippen molar-refractivity contribution in [2.75, 3.05) is 38.1 Å². The Morgan fingerprint density at radius 2 is 1.76 bits per heavy atom. The lowest BCUT2D eigenvalue weighted by Gasteiger charge is -2.34. The third-order valence-electron chi connectivity index (χ3n) is 7.27. The van der Waals surface area contributed by atoms with Gasteiger partial charge in [-0.2, -0.15) is 5.10 Å². The molecular weight excluding hydrogens is 468 g/mol. The fraction of sp³-hybridized carbons (Fsp3) is 0.407. The average Bonchev–Trinajstić information content (AvgIpc) is 3.43. The van der Waals surface area contributed by atoms with Crippen LogP contribution in [0.25, 0.3) is 28.0 Å². The standard InChI is InChI=1S/C27H32N8O2/c1-16(2)24-20-14-21(23(36)15-22(20)29-30-24)25-31-32-26(27(37)28-17-4-5-17)35(25)19-8-6-18(7-9-19)34-12-10-33(3)11-13-34/h6-9,14-17,36H,4-5,10-13H2,1-3H3,(H,28,37)(H,29,30). The van der Waals surface area contributed by atoms with Crippen LogP contribution in [-0.2, 0) is 0 Å². The number of hydrogen-bond donors (Lipinski definition) is 3. The molecule has 0 bridgehead atoms. The Kier molecular flexibility index (Phi) is 5.83. The van der Waals surface area contributed by atoms with Gasteiger partial charge in [0.2, 0.25) is 5.82 Å². The smallest absolute Gasteiger partial charge is 0.289 e. The third kappa shape index (κ3) is 4.42. The first-order valence-corrected chi connectivity index (χ1v) is 12.9. The number of piperazine rings is 1. The molecule has 2 fully saturated rings. The number of aromatic amines is 1. The van der Waals surface area contributed by atoms with E-state index in [1.807, 2.05) is 18.2 Å². The first-order valence-electron chi connectivity index (χ1n) is 12.9. The van der Waals surface area contributed by atoms with Crippen LogP contribution in [-0.4, -0.2) is 80.1 Å². The Hall–Kier alpha value is -3.92. The number of aromatic nitrogens is 5. The van der Waals surface area contributed by atoms with Crippen molar-refractivity contribution >= 4 is 22.5 Å². The molecule has 2 aromatic carbocycles. The first-order chi connectivity index (χ1) is 17.9. The van der Waals surface area contributed by atoms with E-state index >= 15 is 0 Å². The van der Waals surface area contributed by atoms with Crippen LogP contribution < -0.4 is 10.2 Å². The van der Waals surface area contributed by atoms with Gasteiger partial charge in [-0.05, 0) is 56.1 Å². The van der Waals surface area contributed by atoms with Gasteiger partial charge < -0.3 is 20.2 Å². The average molecular weight is 501 g/mol. The van der Waals surface area contributed by atoms with Crippen molar-refractivity contribution in [3.8, 4) is 22.8 Å². The van der Waals surface area contributed by atoms with Gasteiger partial charge in [0, 0.05) is 60.7 Å². The Labute approximate surface area is 215 Å². The highest BCUT2D eigenvalue weighted by molar-refractivity contribution is 5.94. The highest BCUT2D eigenvalue weighted by Gasteiger charge is 2.29. The van der Waals surface area contributed by atoms with Crippen LogP contribution in [0.2, 0.25) is 0 Å². The molecule has 3 N–H and O–H groups in total. The summed E-state index contributed by atoms with van der Waals surface area (Å²) in [5.74, 6) is 0.596. The van der Waals surface area contributed by atoms with Gasteiger partial charge in [0.05, 0.1) is 11.1 Å². The molecule has 2 aromatic heterocycles. The van der Waals surface area contributed by atoms with E-state index in [2.05, 4.69) is 68.5 Å². The third-order valence-corrected chi connectivity index (χ3v) is 7.27. The fourth-order valence-corrected chi connectivity index (χ4v) is 4.89. The van der Waals surface area contributed by atoms with E-state index in [9.17, 15) is 9.90 Å². The molecule has 1 aliphatic heterocycles. The number of phenols is 1. The lowest BCUT2D eigenvalue weighted by Crippen LogP contribution is -2.44. The Bertz CT molecular complexity index is 1440. The molecule has 10 nitrogen and oxygen atoms in total. The molecule has 0 radical (unpaired) electrons. The number of fused-ring (bicyclic) bond motifs is 1. The van der Waals surface area contributed by atoms with E-state index in [1.54, 1.807) is 10.6 Å². The van der Waals surface area contributed by atoms with Crippen LogP contribution in [0.3, 0.4) is 0 Å². The SMILES string of the molecule is CC(C)c1[nH]nc2cc(O)c(-c3nnc(C(=O)NC4CC4)n3-c3ccc(N4CCN(C)CC4)cc3)cc12. The van der Waals surface area contributed by atoms with Crippen molar-refractivity contribution < 1.29 is 9.90 Å². The lowest BCUT2D eigenvalue weighted by atomic mass is 10.0. The topological polar surface area (TPSA) is 115 Å². The monoisotopic (exact) mass is 500 g/mol. The molecule has 4 aromatic rings. The summed E-state index contributed by atoms with van der Waals surface area (Å²) in [4.78, 5) is 17.8. The van der Waals surface area contributed by atoms with Crippen molar-refractivity contribution in [1.29, 1.82) is 0 Å². The summed E-state index contributed by atoms with van der Waals surface area (Å²) in [7, 11) is 2.14. The number of anilines is 1. The molecule has 0 atom stereocenters. The molecule has 3 heterocycles. The number of nitrogens with zero attached hydrogens (tertiary/aromatic N) is 6. The minimum atomic E-state index is -0.267. The van der Waals surface area contributed by atoms with E-state index in [0.29, 0.717) is 16.9 Å². The minimum Gasteiger partial charge on any atom is -0.507 e. The van der Waals surface area contributed by atoms with Crippen molar-refractivity contribution in [2.24, 2.45) is 0 Å². The molecule has 0 unspecified atom stereocenters. The summed E-state index contributed by atoms with van der Waals surface area (Å²) in [6.07, 6.45) is 1.95. The number of hydrogen-bond acceptors (Lipinski definition) is 7.